The van der Waals surface area contributed by atoms with Gasteiger partial charge in [0.1, 0.15) is 12.0 Å². The highest BCUT2D eigenvalue weighted by Crippen LogP contribution is 2.26. The molecule has 29 heavy (non-hydrogen) atoms. The van der Waals surface area contributed by atoms with Crippen LogP contribution in [0.25, 0.3) is 11.5 Å². The van der Waals surface area contributed by atoms with E-state index in [1.165, 1.54) is 32.6 Å². The van der Waals surface area contributed by atoms with Crippen LogP contribution < -0.4 is 4.74 Å². The normalized spacial score (nSPS) is 24.7. The van der Waals surface area contributed by atoms with Crippen molar-refractivity contribution in [3.8, 4) is 17.2 Å². The van der Waals surface area contributed by atoms with Gasteiger partial charge in [0.15, 0.2) is 0 Å². The zero-order valence-corrected chi connectivity index (χ0v) is 18.0. The first kappa shape index (κ1) is 20.4. The molecule has 0 amide bonds. The highest BCUT2D eigenvalue weighted by molar-refractivity contribution is 5.54. The summed E-state index contributed by atoms with van der Waals surface area (Å²) in [6.45, 7) is 13.0. The zero-order valence-electron chi connectivity index (χ0n) is 18.0. The molecule has 2 fully saturated rings. The molecule has 0 saturated carbocycles. The van der Waals surface area contributed by atoms with Crippen LogP contribution in [-0.4, -0.2) is 78.6 Å². The second-order valence-corrected chi connectivity index (χ2v) is 8.51. The third kappa shape index (κ3) is 5.00. The Morgan fingerprint density at radius 2 is 1.86 bits per heavy atom. The Labute approximate surface area is 174 Å². The highest BCUT2D eigenvalue weighted by Gasteiger charge is 2.32. The lowest BCUT2D eigenvalue weighted by molar-refractivity contribution is 0.0322. The molecule has 6 nitrogen and oxygen atoms in total. The fourth-order valence-corrected chi connectivity index (χ4v) is 4.66. The molecule has 0 spiro atoms. The molecule has 2 atom stereocenters. The molecule has 2 aliphatic rings. The molecule has 4 rings (SSSR count). The van der Waals surface area contributed by atoms with Crippen LogP contribution in [0, 0.1) is 5.92 Å². The second kappa shape index (κ2) is 9.28. The number of aromatic nitrogens is 1. The Balaban J connectivity index is 1.31. The number of hydrogen-bond acceptors (Lipinski definition) is 6. The Morgan fingerprint density at radius 1 is 1.10 bits per heavy atom. The number of ether oxygens (including phenoxy) is 1. The number of piperidine rings is 1. The minimum atomic E-state index is 0.673. The largest absolute Gasteiger partial charge is 0.494 e. The summed E-state index contributed by atoms with van der Waals surface area (Å²) in [4.78, 5) is 12.4. The SMILES string of the molecule is CCOc1ccc(-c2nc(CN3CC[C@@H](N4CCN(C)CC4)[C@@H](C)C3)co2)cc1. The summed E-state index contributed by atoms with van der Waals surface area (Å²) in [5.74, 6) is 2.24. The predicted molar refractivity (Wildman–Crippen MR) is 115 cm³/mol. The van der Waals surface area contributed by atoms with Crippen LogP contribution >= 0.6 is 0 Å². The summed E-state index contributed by atoms with van der Waals surface area (Å²) < 4.78 is 11.3. The molecule has 1 aromatic carbocycles. The molecule has 3 heterocycles. The maximum absolute atomic E-state index is 5.75. The van der Waals surface area contributed by atoms with E-state index in [0.29, 0.717) is 18.4 Å². The molecule has 2 aromatic rings. The summed E-state index contributed by atoms with van der Waals surface area (Å²) in [5, 5.41) is 0. The van der Waals surface area contributed by atoms with Crippen molar-refractivity contribution in [1.29, 1.82) is 0 Å². The van der Waals surface area contributed by atoms with Crippen molar-refractivity contribution < 1.29 is 9.15 Å². The lowest BCUT2D eigenvalue weighted by Crippen LogP contribution is -2.55. The maximum Gasteiger partial charge on any atom is 0.226 e. The fraction of sp³-hybridized carbons (Fsp3) is 0.609. The Bertz CT molecular complexity index is 767. The van der Waals surface area contributed by atoms with Crippen LogP contribution in [0.3, 0.4) is 0 Å². The Kier molecular flexibility index (Phi) is 6.53. The van der Waals surface area contributed by atoms with E-state index in [1.54, 1.807) is 0 Å². The highest BCUT2D eigenvalue weighted by atomic mass is 16.5. The smallest absolute Gasteiger partial charge is 0.226 e. The second-order valence-electron chi connectivity index (χ2n) is 8.51. The van der Waals surface area contributed by atoms with Gasteiger partial charge in [-0.2, -0.15) is 0 Å². The molecular formula is C23H34N4O2. The number of oxazole rings is 1. The summed E-state index contributed by atoms with van der Waals surface area (Å²) in [5.41, 5.74) is 2.00. The minimum Gasteiger partial charge on any atom is -0.494 e. The van der Waals surface area contributed by atoms with Crippen LogP contribution in [0.4, 0.5) is 0 Å². The molecule has 158 valence electrons. The molecule has 6 heteroatoms. The fourth-order valence-electron chi connectivity index (χ4n) is 4.66. The van der Waals surface area contributed by atoms with Crippen molar-refractivity contribution in [2.24, 2.45) is 5.92 Å². The molecule has 2 saturated heterocycles. The van der Waals surface area contributed by atoms with Crippen molar-refractivity contribution in [1.82, 2.24) is 19.7 Å². The maximum atomic E-state index is 5.75. The van der Waals surface area contributed by atoms with Crippen LogP contribution in [0.5, 0.6) is 5.75 Å². The number of benzene rings is 1. The van der Waals surface area contributed by atoms with E-state index in [0.717, 1.165) is 42.7 Å². The van der Waals surface area contributed by atoms with Gasteiger partial charge in [0, 0.05) is 57.4 Å². The summed E-state index contributed by atoms with van der Waals surface area (Å²) in [6.07, 6.45) is 3.05. The van der Waals surface area contributed by atoms with E-state index in [9.17, 15) is 0 Å². The van der Waals surface area contributed by atoms with Gasteiger partial charge < -0.3 is 14.1 Å². The van der Waals surface area contributed by atoms with Crippen LogP contribution in [-0.2, 0) is 6.54 Å². The van der Waals surface area contributed by atoms with Crippen LogP contribution in [0.15, 0.2) is 34.9 Å². The summed E-state index contributed by atoms with van der Waals surface area (Å²) >= 11 is 0. The number of rotatable bonds is 6. The lowest BCUT2D eigenvalue weighted by Gasteiger charge is -2.45. The van der Waals surface area contributed by atoms with Crippen molar-refractivity contribution >= 4 is 0 Å². The third-order valence-electron chi connectivity index (χ3n) is 6.30. The van der Waals surface area contributed by atoms with Gasteiger partial charge in [0.25, 0.3) is 0 Å². The standard InChI is InChI=1S/C23H34N4O2/c1-4-28-21-7-5-19(6-8-21)23-24-20(17-29-23)16-26-10-9-22(18(2)15-26)27-13-11-25(3)12-14-27/h5-8,17-18,22H,4,9-16H2,1-3H3/t18-,22+/m0/s1. The Hall–Kier alpha value is -1.89. The van der Waals surface area contributed by atoms with E-state index in [2.05, 4.69) is 28.7 Å². The number of nitrogens with zero attached hydrogens (tertiary/aromatic N) is 4. The minimum absolute atomic E-state index is 0.673. The van der Waals surface area contributed by atoms with Gasteiger partial charge in [-0.1, -0.05) is 6.92 Å². The molecule has 0 aliphatic carbocycles. The van der Waals surface area contributed by atoms with Crippen LogP contribution in [0.1, 0.15) is 26.0 Å². The van der Waals surface area contributed by atoms with Gasteiger partial charge in [-0.25, -0.2) is 4.98 Å². The third-order valence-corrected chi connectivity index (χ3v) is 6.30. The molecular weight excluding hydrogens is 364 g/mol. The molecule has 1 aromatic heterocycles. The van der Waals surface area contributed by atoms with E-state index in [1.807, 2.05) is 37.5 Å². The molecule has 0 radical (unpaired) electrons. The number of likely N-dealkylation sites (N-methyl/N-ethyl adjacent to an activating group) is 1. The first-order chi connectivity index (χ1) is 14.1. The van der Waals surface area contributed by atoms with Crippen molar-refractivity contribution in [2.75, 3.05) is 52.9 Å². The average molecular weight is 399 g/mol. The van der Waals surface area contributed by atoms with E-state index >= 15 is 0 Å². The number of hydrogen-bond donors (Lipinski definition) is 0. The van der Waals surface area contributed by atoms with Crippen molar-refractivity contribution in [3.63, 3.8) is 0 Å². The molecule has 2 aliphatic heterocycles. The van der Waals surface area contributed by atoms with Gasteiger partial charge in [-0.05, 0) is 50.6 Å². The zero-order chi connectivity index (χ0) is 20.2. The first-order valence-corrected chi connectivity index (χ1v) is 10.9. The summed E-state index contributed by atoms with van der Waals surface area (Å²) in [6, 6.07) is 8.66. The van der Waals surface area contributed by atoms with E-state index in [-0.39, 0.29) is 0 Å². The summed E-state index contributed by atoms with van der Waals surface area (Å²) in [7, 11) is 2.23. The monoisotopic (exact) mass is 398 g/mol. The van der Waals surface area contributed by atoms with Gasteiger partial charge in [0.05, 0.1) is 12.3 Å². The number of piperazine rings is 1. The van der Waals surface area contributed by atoms with Gasteiger partial charge in [-0.3, -0.25) is 9.80 Å². The number of likely N-dealkylation sites (tertiary alicyclic amines) is 1. The quantitative estimate of drug-likeness (QED) is 0.745. The molecule has 0 N–H and O–H groups in total. The van der Waals surface area contributed by atoms with E-state index in [4.69, 9.17) is 14.1 Å². The Morgan fingerprint density at radius 3 is 2.55 bits per heavy atom. The average Bonchev–Trinajstić information content (AvgIpc) is 3.18. The molecule has 0 unspecified atom stereocenters. The molecule has 0 bridgehead atoms. The van der Waals surface area contributed by atoms with Crippen LogP contribution in [0.2, 0.25) is 0 Å². The van der Waals surface area contributed by atoms with Gasteiger partial charge in [0.2, 0.25) is 5.89 Å². The van der Waals surface area contributed by atoms with E-state index < -0.39 is 0 Å². The topological polar surface area (TPSA) is 45.0 Å². The van der Waals surface area contributed by atoms with Gasteiger partial charge in [-0.15, -0.1) is 0 Å². The predicted octanol–water partition coefficient (Wildman–Crippen LogP) is 3.20. The van der Waals surface area contributed by atoms with Crippen molar-refractivity contribution in [3.05, 3.63) is 36.2 Å². The first-order valence-electron chi connectivity index (χ1n) is 10.9. The van der Waals surface area contributed by atoms with Gasteiger partial charge >= 0.3 is 0 Å². The van der Waals surface area contributed by atoms with Crippen molar-refractivity contribution in [2.45, 2.75) is 32.9 Å². The lowest BCUT2D eigenvalue weighted by atomic mass is 9.91.